The molecule has 0 N–H and O–H groups in total. The standard InChI is InChI=1S/C16H10Cl2FNO/c1-21-16-13(17)7-10(8-14(16)18)6-11(9-20)12-4-2-3-5-15(12)19/h2-8H,1H3/b11-6-. The van der Waals surface area contributed by atoms with Crippen molar-refractivity contribution in [3.8, 4) is 11.8 Å². The number of hydrogen-bond donors (Lipinski definition) is 0. The van der Waals surface area contributed by atoms with Gasteiger partial charge in [-0.1, -0.05) is 41.4 Å². The maximum absolute atomic E-state index is 13.7. The zero-order chi connectivity index (χ0) is 15.4. The first kappa shape index (κ1) is 15.4. The topological polar surface area (TPSA) is 33.0 Å². The molecule has 21 heavy (non-hydrogen) atoms. The second-order valence-electron chi connectivity index (χ2n) is 4.17. The van der Waals surface area contributed by atoms with Crippen molar-refractivity contribution in [2.45, 2.75) is 0 Å². The zero-order valence-corrected chi connectivity index (χ0v) is 12.5. The number of ether oxygens (including phenoxy) is 1. The van der Waals surface area contributed by atoms with Gasteiger partial charge < -0.3 is 4.74 Å². The first-order valence-corrected chi connectivity index (χ1v) is 6.72. The Hall–Kier alpha value is -2.02. The molecule has 0 radical (unpaired) electrons. The van der Waals surface area contributed by atoms with Crippen molar-refractivity contribution in [1.29, 1.82) is 5.26 Å². The third kappa shape index (κ3) is 3.36. The fourth-order valence-corrected chi connectivity index (χ4v) is 2.53. The summed E-state index contributed by atoms with van der Waals surface area (Å²) in [5, 5.41) is 9.87. The molecule has 0 atom stereocenters. The van der Waals surface area contributed by atoms with Gasteiger partial charge in [0.25, 0.3) is 0 Å². The fourth-order valence-electron chi connectivity index (χ4n) is 1.87. The highest BCUT2D eigenvalue weighted by molar-refractivity contribution is 6.37. The Morgan fingerprint density at radius 2 is 1.86 bits per heavy atom. The summed E-state index contributed by atoms with van der Waals surface area (Å²) in [5.74, 6) is -0.101. The minimum absolute atomic E-state index is 0.186. The molecule has 0 spiro atoms. The van der Waals surface area contributed by atoms with Crippen molar-refractivity contribution in [2.24, 2.45) is 0 Å². The average Bonchev–Trinajstić information content (AvgIpc) is 2.45. The molecule has 2 rings (SSSR count). The van der Waals surface area contributed by atoms with Crippen molar-refractivity contribution in [2.75, 3.05) is 7.11 Å². The van der Waals surface area contributed by atoms with Gasteiger partial charge in [0, 0.05) is 5.56 Å². The van der Waals surface area contributed by atoms with E-state index in [1.54, 1.807) is 24.3 Å². The second kappa shape index (κ2) is 6.62. The molecule has 5 heteroatoms. The van der Waals surface area contributed by atoms with Crippen molar-refractivity contribution in [3.05, 3.63) is 63.4 Å². The van der Waals surface area contributed by atoms with Gasteiger partial charge in [0.2, 0.25) is 0 Å². The number of methoxy groups -OCH3 is 1. The second-order valence-corrected chi connectivity index (χ2v) is 4.98. The van der Waals surface area contributed by atoms with Crippen LogP contribution in [-0.4, -0.2) is 7.11 Å². The molecule has 2 aromatic carbocycles. The van der Waals surface area contributed by atoms with Crippen LogP contribution in [0.15, 0.2) is 36.4 Å². The highest BCUT2D eigenvalue weighted by Crippen LogP contribution is 2.35. The molecular weight excluding hydrogens is 312 g/mol. The highest BCUT2D eigenvalue weighted by atomic mass is 35.5. The number of hydrogen-bond acceptors (Lipinski definition) is 2. The van der Waals surface area contributed by atoms with Gasteiger partial charge in [-0.2, -0.15) is 5.26 Å². The lowest BCUT2D eigenvalue weighted by Crippen LogP contribution is -1.89. The Morgan fingerprint density at radius 1 is 1.24 bits per heavy atom. The van der Waals surface area contributed by atoms with Crippen LogP contribution in [0.2, 0.25) is 10.0 Å². The largest absolute Gasteiger partial charge is 0.494 e. The lowest BCUT2D eigenvalue weighted by molar-refractivity contribution is 0.415. The molecule has 2 nitrogen and oxygen atoms in total. The number of nitrogens with zero attached hydrogens (tertiary/aromatic N) is 1. The van der Waals surface area contributed by atoms with Crippen LogP contribution in [0.25, 0.3) is 11.6 Å². The van der Waals surface area contributed by atoms with Gasteiger partial charge in [-0.25, -0.2) is 4.39 Å². The summed E-state index contributed by atoms with van der Waals surface area (Å²) in [5.41, 5.74) is 0.999. The normalized spacial score (nSPS) is 11.1. The molecule has 0 saturated heterocycles. The highest BCUT2D eigenvalue weighted by Gasteiger charge is 2.10. The number of halogens is 3. The number of rotatable bonds is 3. The summed E-state index contributed by atoms with van der Waals surface area (Å²) in [4.78, 5) is 0. The van der Waals surface area contributed by atoms with Gasteiger partial charge in [0.15, 0.2) is 5.75 Å². The molecule has 0 bridgehead atoms. The molecule has 2 aromatic rings. The van der Waals surface area contributed by atoms with Crippen molar-refractivity contribution < 1.29 is 9.13 Å². The summed E-state index contributed by atoms with van der Waals surface area (Å²) in [6.07, 6.45) is 1.52. The summed E-state index contributed by atoms with van der Waals surface area (Å²) in [7, 11) is 1.46. The SMILES string of the molecule is COc1c(Cl)cc(/C=C(/C#N)c2ccccc2F)cc1Cl. The van der Waals surface area contributed by atoms with Crippen LogP contribution in [0.1, 0.15) is 11.1 Å². The summed E-state index contributed by atoms with van der Waals surface area (Å²) in [6, 6.07) is 11.2. The van der Waals surface area contributed by atoms with E-state index in [0.29, 0.717) is 21.4 Å². The molecular formula is C16H10Cl2FNO. The lowest BCUT2D eigenvalue weighted by atomic mass is 10.0. The first-order chi connectivity index (χ1) is 10.1. The maximum Gasteiger partial charge on any atom is 0.156 e. The molecule has 0 aliphatic heterocycles. The molecule has 0 heterocycles. The van der Waals surface area contributed by atoms with Crippen molar-refractivity contribution in [1.82, 2.24) is 0 Å². The summed E-state index contributed by atoms with van der Waals surface area (Å²) < 4.78 is 18.8. The number of allylic oxidation sites excluding steroid dienone is 1. The Kier molecular flexibility index (Phi) is 4.85. The van der Waals surface area contributed by atoms with E-state index in [1.807, 2.05) is 6.07 Å². The van der Waals surface area contributed by atoms with Crippen LogP contribution in [0.3, 0.4) is 0 Å². The van der Waals surface area contributed by atoms with E-state index in [4.69, 9.17) is 27.9 Å². The van der Waals surface area contributed by atoms with E-state index in [-0.39, 0.29) is 11.1 Å². The van der Waals surface area contributed by atoms with Crippen LogP contribution in [0.4, 0.5) is 4.39 Å². The van der Waals surface area contributed by atoms with Crippen LogP contribution in [0, 0.1) is 17.1 Å². The van der Waals surface area contributed by atoms with Crippen LogP contribution in [0.5, 0.6) is 5.75 Å². The number of nitriles is 1. The summed E-state index contributed by atoms with van der Waals surface area (Å²) in [6.45, 7) is 0. The van der Waals surface area contributed by atoms with E-state index in [9.17, 15) is 9.65 Å². The lowest BCUT2D eigenvalue weighted by Gasteiger charge is -2.07. The quantitative estimate of drug-likeness (QED) is 0.574. The van der Waals surface area contributed by atoms with E-state index in [1.165, 1.54) is 25.3 Å². The molecule has 0 fully saturated rings. The van der Waals surface area contributed by atoms with Crippen LogP contribution in [-0.2, 0) is 0 Å². The van der Waals surface area contributed by atoms with Gasteiger partial charge in [-0.05, 0) is 29.8 Å². The molecule has 106 valence electrons. The van der Waals surface area contributed by atoms with Gasteiger partial charge in [0.05, 0.1) is 28.8 Å². The third-order valence-electron chi connectivity index (χ3n) is 2.82. The summed E-state index contributed by atoms with van der Waals surface area (Å²) >= 11 is 12.1. The van der Waals surface area contributed by atoms with Gasteiger partial charge >= 0.3 is 0 Å². The van der Waals surface area contributed by atoms with E-state index in [2.05, 4.69) is 0 Å². The minimum Gasteiger partial charge on any atom is -0.494 e. The van der Waals surface area contributed by atoms with E-state index in [0.717, 1.165) is 0 Å². The molecule has 0 amide bonds. The Balaban J connectivity index is 2.52. The Labute approximate surface area is 132 Å². The predicted molar refractivity (Wildman–Crippen MR) is 82.9 cm³/mol. The fraction of sp³-hybridized carbons (Fsp3) is 0.0625. The third-order valence-corrected chi connectivity index (χ3v) is 3.38. The van der Waals surface area contributed by atoms with Gasteiger partial charge in [0.1, 0.15) is 5.82 Å². The van der Waals surface area contributed by atoms with Crippen LogP contribution >= 0.6 is 23.2 Å². The van der Waals surface area contributed by atoms with Crippen LogP contribution < -0.4 is 4.74 Å². The predicted octanol–water partition coefficient (Wildman–Crippen LogP) is 5.21. The monoisotopic (exact) mass is 321 g/mol. The van der Waals surface area contributed by atoms with E-state index < -0.39 is 5.82 Å². The maximum atomic E-state index is 13.7. The number of benzene rings is 2. The van der Waals surface area contributed by atoms with Gasteiger partial charge in [-0.15, -0.1) is 0 Å². The van der Waals surface area contributed by atoms with Crippen molar-refractivity contribution >= 4 is 34.9 Å². The zero-order valence-electron chi connectivity index (χ0n) is 11.0. The minimum atomic E-state index is -0.462. The first-order valence-electron chi connectivity index (χ1n) is 5.96. The molecule has 0 aliphatic rings. The Bertz CT molecular complexity index is 727. The Morgan fingerprint density at radius 3 is 2.38 bits per heavy atom. The smallest absolute Gasteiger partial charge is 0.156 e. The van der Waals surface area contributed by atoms with E-state index >= 15 is 0 Å². The molecule has 0 aliphatic carbocycles. The average molecular weight is 322 g/mol. The van der Waals surface area contributed by atoms with Gasteiger partial charge in [-0.3, -0.25) is 0 Å². The van der Waals surface area contributed by atoms with Crippen molar-refractivity contribution in [3.63, 3.8) is 0 Å². The molecule has 0 saturated carbocycles. The molecule has 0 aromatic heterocycles. The molecule has 0 unspecified atom stereocenters.